The van der Waals surface area contributed by atoms with Gasteiger partial charge in [-0.1, -0.05) is 31.5 Å². The van der Waals surface area contributed by atoms with Crippen LogP contribution in [0, 0.1) is 0 Å². The molecule has 9 nitrogen and oxygen atoms in total. The summed E-state index contributed by atoms with van der Waals surface area (Å²) in [5.41, 5.74) is -0.119. The van der Waals surface area contributed by atoms with E-state index in [1.54, 1.807) is 13.8 Å². The molecule has 0 bridgehead atoms. The van der Waals surface area contributed by atoms with Gasteiger partial charge in [0.15, 0.2) is 17.6 Å². The summed E-state index contributed by atoms with van der Waals surface area (Å²) in [4.78, 5) is 24.9. The highest BCUT2D eigenvalue weighted by molar-refractivity contribution is 7.89. The average Bonchev–Trinajstić information content (AvgIpc) is 2.75. The molecule has 2 rings (SSSR count). The molecule has 0 saturated carbocycles. The summed E-state index contributed by atoms with van der Waals surface area (Å²) >= 11 is 6.12. The molecular weight excluding hydrogens is 460 g/mol. The molecule has 1 atom stereocenters. The van der Waals surface area contributed by atoms with Crippen molar-refractivity contribution in [1.82, 2.24) is 4.31 Å². The van der Waals surface area contributed by atoms with Crippen LogP contribution in [0.25, 0.3) is 0 Å². The summed E-state index contributed by atoms with van der Waals surface area (Å²) < 4.78 is 36.8. The second kappa shape index (κ2) is 10.7. The Balaban J connectivity index is 2.19. The minimum Gasteiger partial charge on any atom is -0.504 e. The first-order valence-electron chi connectivity index (χ1n) is 9.74. The number of halogens is 1. The first-order valence-corrected chi connectivity index (χ1v) is 11.6. The predicted molar refractivity (Wildman–Crippen MR) is 120 cm³/mol. The summed E-state index contributed by atoms with van der Waals surface area (Å²) in [5.74, 6) is -2.01. The number of carbonyl (C=O) groups excluding carboxylic acids is 2. The summed E-state index contributed by atoms with van der Waals surface area (Å²) in [6.45, 7) is 5.33. The van der Waals surface area contributed by atoms with Gasteiger partial charge in [0.05, 0.1) is 22.7 Å². The van der Waals surface area contributed by atoms with Crippen molar-refractivity contribution in [2.45, 2.75) is 31.8 Å². The van der Waals surface area contributed by atoms with Crippen molar-refractivity contribution in [3.8, 4) is 11.5 Å². The quantitative estimate of drug-likeness (QED) is 0.523. The lowest BCUT2D eigenvalue weighted by Gasteiger charge is -2.19. The molecule has 1 unspecified atom stereocenters. The number of rotatable bonds is 9. The normalized spacial score (nSPS) is 12.3. The van der Waals surface area contributed by atoms with Crippen LogP contribution in [0.1, 0.15) is 31.1 Å². The molecule has 0 heterocycles. The van der Waals surface area contributed by atoms with Crippen molar-refractivity contribution in [2.24, 2.45) is 0 Å². The number of hydrogen-bond donors (Lipinski definition) is 2. The third-order valence-electron chi connectivity index (χ3n) is 4.63. The molecule has 2 aromatic carbocycles. The Morgan fingerprint density at radius 1 is 1.19 bits per heavy atom. The van der Waals surface area contributed by atoms with Gasteiger partial charge < -0.3 is 19.9 Å². The number of nitrogens with zero attached hydrogens (tertiary/aromatic N) is 1. The van der Waals surface area contributed by atoms with E-state index in [2.05, 4.69) is 5.32 Å². The van der Waals surface area contributed by atoms with Crippen LogP contribution in [0.2, 0.25) is 5.02 Å². The number of methoxy groups -OCH3 is 1. The molecule has 32 heavy (non-hydrogen) atoms. The van der Waals surface area contributed by atoms with Gasteiger partial charge >= 0.3 is 5.97 Å². The van der Waals surface area contributed by atoms with E-state index in [1.807, 2.05) is 0 Å². The SMILES string of the molecule is CCN(CC)S(=O)(=O)c1ccc(Cl)c(NC(=O)C(C)OC(=O)c2cccc(OC)c2O)c1. The number of anilines is 1. The van der Waals surface area contributed by atoms with Crippen LogP contribution < -0.4 is 10.1 Å². The van der Waals surface area contributed by atoms with Crippen molar-refractivity contribution in [2.75, 3.05) is 25.5 Å². The minimum absolute atomic E-state index is 0.0353. The Hall–Kier alpha value is -2.82. The molecule has 0 saturated heterocycles. The van der Waals surface area contributed by atoms with Crippen LogP contribution in [-0.2, 0) is 19.6 Å². The van der Waals surface area contributed by atoms with Gasteiger partial charge in [-0.15, -0.1) is 0 Å². The molecule has 11 heteroatoms. The topological polar surface area (TPSA) is 122 Å². The number of carbonyl (C=O) groups is 2. The lowest BCUT2D eigenvalue weighted by Crippen LogP contribution is -2.31. The summed E-state index contributed by atoms with van der Waals surface area (Å²) in [6.07, 6.45) is -1.27. The zero-order valence-corrected chi connectivity index (χ0v) is 19.7. The molecule has 0 spiro atoms. The van der Waals surface area contributed by atoms with Gasteiger partial charge in [0.1, 0.15) is 5.56 Å². The molecule has 0 radical (unpaired) electrons. The molecule has 2 aromatic rings. The minimum atomic E-state index is -3.76. The number of nitrogens with one attached hydrogen (secondary N) is 1. The molecule has 174 valence electrons. The fourth-order valence-electron chi connectivity index (χ4n) is 2.84. The number of sulfonamides is 1. The fourth-order valence-corrected chi connectivity index (χ4v) is 4.49. The zero-order chi connectivity index (χ0) is 24.1. The van der Waals surface area contributed by atoms with Crippen molar-refractivity contribution < 1.29 is 32.6 Å². The van der Waals surface area contributed by atoms with Gasteiger partial charge in [-0.2, -0.15) is 4.31 Å². The van der Waals surface area contributed by atoms with Crippen LogP contribution in [0.3, 0.4) is 0 Å². The summed E-state index contributed by atoms with van der Waals surface area (Å²) in [7, 11) is -2.43. The number of amides is 1. The van der Waals surface area contributed by atoms with E-state index in [0.717, 1.165) is 0 Å². The number of benzene rings is 2. The first-order chi connectivity index (χ1) is 15.1. The average molecular weight is 485 g/mol. The van der Waals surface area contributed by atoms with E-state index in [9.17, 15) is 23.1 Å². The van der Waals surface area contributed by atoms with Crippen molar-refractivity contribution in [3.63, 3.8) is 0 Å². The molecular formula is C21H25ClN2O7S. The molecule has 0 aliphatic heterocycles. The van der Waals surface area contributed by atoms with Crippen LogP contribution in [0.5, 0.6) is 11.5 Å². The number of hydrogen-bond acceptors (Lipinski definition) is 7. The maximum Gasteiger partial charge on any atom is 0.342 e. The Bertz CT molecular complexity index is 1100. The van der Waals surface area contributed by atoms with Crippen LogP contribution in [0.15, 0.2) is 41.3 Å². The highest BCUT2D eigenvalue weighted by Gasteiger charge is 2.25. The standard InChI is InChI=1S/C21H25ClN2O7S/c1-5-24(6-2)32(28,29)14-10-11-16(22)17(12-14)23-20(26)13(3)31-21(27)15-8-7-9-18(30-4)19(15)25/h7-13,25H,5-6H2,1-4H3,(H,23,26). The highest BCUT2D eigenvalue weighted by Crippen LogP contribution is 2.30. The lowest BCUT2D eigenvalue weighted by atomic mass is 10.2. The van der Waals surface area contributed by atoms with E-state index >= 15 is 0 Å². The Morgan fingerprint density at radius 2 is 1.84 bits per heavy atom. The number of esters is 1. The van der Waals surface area contributed by atoms with E-state index in [4.69, 9.17) is 21.1 Å². The van der Waals surface area contributed by atoms with Gasteiger partial charge in [0.2, 0.25) is 10.0 Å². The molecule has 0 aliphatic rings. The van der Waals surface area contributed by atoms with E-state index in [1.165, 1.54) is 54.7 Å². The number of phenols is 1. The molecule has 0 fully saturated rings. The van der Waals surface area contributed by atoms with Crippen molar-refractivity contribution >= 4 is 39.2 Å². The first kappa shape index (κ1) is 25.4. The van der Waals surface area contributed by atoms with E-state index < -0.39 is 33.8 Å². The predicted octanol–water partition coefficient (Wildman–Crippen LogP) is 3.27. The van der Waals surface area contributed by atoms with Gasteiger partial charge in [0.25, 0.3) is 5.91 Å². The molecule has 0 aromatic heterocycles. The molecule has 2 N–H and O–H groups in total. The smallest absolute Gasteiger partial charge is 0.342 e. The number of aromatic hydroxyl groups is 1. The van der Waals surface area contributed by atoms with Gasteiger partial charge in [-0.05, 0) is 37.3 Å². The number of phenolic OH excluding ortho intramolecular Hbond substituents is 1. The maximum absolute atomic E-state index is 12.7. The second-order valence-corrected chi connectivity index (χ2v) is 8.97. The van der Waals surface area contributed by atoms with E-state index in [-0.39, 0.29) is 40.0 Å². The third-order valence-corrected chi connectivity index (χ3v) is 7.01. The van der Waals surface area contributed by atoms with Gasteiger partial charge in [-0.3, -0.25) is 4.79 Å². The van der Waals surface area contributed by atoms with Gasteiger partial charge in [0, 0.05) is 13.1 Å². The Kier molecular flexibility index (Phi) is 8.48. The van der Waals surface area contributed by atoms with Gasteiger partial charge in [-0.25, -0.2) is 13.2 Å². The lowest BCUT2D eigenvalue weighted by molar-refractivity contribution is -0.123. The Labute approximate surface area is 191 Å². The van der Waals surface area contributed by atoms with Crippen LogP contribution in [-0.4, -0.2) is 56.0 Å². The number of para-hydroxylation sites is 1. The summed E-state index contributed by atoms with van der Waals surface area (Å²) in [5, 5.41) is 12.7. The second-order valence-electron chi connectivity index (χ2n) is 6.62. The molecule has 1 amide bonds. The fraction of sp³-hybridized carbons (Fsp3) is 0.333. The van der Waals surface area contributed by atoms with Crippen molar-refractivity contribution in [3.05, 3.63) is 47.0 Å². The maximum atomic E-state index is 12.7. The van der Waals surface area contributed by atoms with Crippen LogP contribution >= 0.6 is 11.6 Å². The van der Waals surface area contributed by atoms with E-state index in [0.29, 0.717) is 0 Å². The largest absolute Gasteiger partial charge is 0.504 e. The zero-order valence-electron chi connectivity index (χ0n) is 18.1. The van der Waals surface area contributed by atoms with Crippen molar-refractivity contribution in [1.29, 1.82) is 0 Å². The molecule has 0 aliphatic carbocycles. The Morgan fingerprint density at radius 3 is 2.44 bits per heavy atom. The third kappa shape index (κ3) is 5.50. The highest BCUT2D eigenvalue weighted by atomic mass is 35.5. The summed E-state index contributed by atoms with van der Waals surface area (Å²) in [6, 6.07) is 8.23. The number of ether oxygens (including phenoxy) is 2. The van der Waals surface area contributed by atoms with Crippen LogP contribution in [0.4, 0.5) is 5.69 Å². The monoisotopic (exact) mass is 484 g/mol.